The molecule has 0 aliphatic rings. The largest absolute Gasteiger partial charge is 0.296 e. The third-order valence-corrected chi connectivity index (χ3v) is 3.79. The van der Waals surface area contributed by atoms with Crippen molar-refractivity contribution < 1.29 is 4.39 Å². The molecule has 1 heterocycles. The standard InChI is InChI=1S/C17H16ClFN2/c1-11-3-6-15(12(2)9-11)21-16-10-13(19)4-5-14(16)20-17(21)7-8-18/h3-6,9-10H,7-8H2,1-2H3. The Hall–Kier alpha value is -1.87. The Kier molecular flexibility index (Phi) is 3.68. The van der Waals surface area contributed by atoms with Gasteiger partial charge in [0, 0.05) is 18.4 Å². The Morgan fingerprint density at radius 2 is 1.95 bits per heavy atom. The van der Waals surface area contributed by atoms with E-state index in [-0.39, 0.29) is 5.82 Å². The summed E-state index contributed by atoms with van der Waals surface area (Å²) < 4.78 is 15.6. The molecule has 0 bridgehead atoms. The van der Waals surface area contributed by atoms with Crippen molar-refractivity contribution in [3.05, 3.63) is 59.2 Å². The van der Waals surface area contributed by atoms with Gasteiger partial charge in [-0.25, -0.2) is 9.37 Å². The first-order valence-electron chi connectivity index (χ1n) is 6.90. The highest BCUT2D eigenvalue weighted by Crippen LogP contribution is 2.25. The average Bonchev–Trinajstić information content (AvgIpc) is 2.77. The molecule has 0 N–H and O–H groups in total. The second-order valence-corrected chi connectivity index (χ2v) is 5.60. The van der Waals surface area contributed by atoms with Crippen molar-refractivity contribution in [2.24, 2.45) is 0 Å². The number of alkyl halides is 1. The van der Waals surface area contributed by atoms with Crippen LogP contribution in [0.3, 0.4) is 0 Å². The van der Waals surface area contributed by atoms with Gasteiger partial charge in [-0.05, 0) is 37.6 Å². The van der Waals surface area contributed by atoms with Gasteiger partial charge in [-0.1, -0.05) is 17.7 Å². The fourth-order valence-electron chi connectivity index (χ4n) is 2.68. The lowest BCUT2D eigenvalue weighted by Gasteiger charge is -2.12. The molecule has 3 aromatic rings. The van der Waals surface area contributed by atoms with Crippen LogP contribution in [0.5, 0.6) is 0 Å². The van der Waals surface area contributed by atoms with Crippen molar-refractivity contribution in [3.8, 4) is 5.69 Å². The molecule has 0 amide bonds. The van der Waals surface area contributed by atoms with Crippen LogP contribution in [0.1, 0.15) is 17.0 Å². The molecule has 2 nitrogen and oxygen atoms in total. The number of benzene rings is 2. The zero-order valence-electron chi connectivity index (χ0n) is 12.0. The number of rotatable bonds is 3. The number of hydrogen-bond donors (Lipinski definition) is 0. The van der Waals surface area contributed by atoms with Crippen LogP contribution in [0.25, 0.3) is 16.7 Å². The highest BCUT2D eigenvalue weighted by Gasteiger charge is 2.14. The van der Waals surface area contributed by atoms with Gasteiger partial charge in [0.15, 0.2) is 0 Å². The van der Waals surface area contributed by atoms with Gasteiger partial charge in [0.2, 0.25) is 0 Å². The Labute approximate surface area is 128 Å². The second-order valence-electron chi connectivity index (χ2n) is 5.23. The van der Waals surface area contributed by atoms with Crippen molar-refractivity contribution in [2.45, 2.75) is 20.3 Å². The minimum absolute atomic E-state index is 0.258. The van der Waals surface area contributed by atoms with E-state index in [1.54, 1.807) is 6.07 Å². The zero-order valence-corrected chi connectivity index (χ0v) is 12.8. The number of fused-ring (bicyclic) bond motifs is 1. The van der Waals surface area contributed by atoms with Gasteiger partial charge in [0.25, 0.3) is 0 Å². The minimum atomic E-state index is -0.258. The Bertz CT molecular complexity index is 808. The van der Waals surface area contributed by atoms with Gasteiger partial charge >= 0.3 is 0 Å². The van der Waals surface area contributed by atoms with Crippen LogP contribution in [0.4, 0.5) is 4.39 Å². The molecule has 0 spiro atoms. The van der Waals surface area contributed by atoms with Crippen LogP contribution in [0.2, 0.25) is 0 Å². The van der Waals surface area contributed by atoms with Crippen molar-refractivity contribution in [1.29, 1.82) is 0 Å². The predicted octanol–water partition coefficient (Wildman–Crippen LogP) is 4.56. The third kappa shape index (κ3) is 2.54. The molecule has 0 aliphatic carbocycles. The highest BCUT2D eigenvalue weighted by molar-refractivity contribution is 6.17. The molecule has 2 aromatic carbocycles. The minimum Gasteiger partial charge on any atom is -0.296 e. The monoisotopic (exact) mass is 302 g/mol. The summed E-state index contributed by atoms with van der Waals surface area (Å²) in [5.74, 6) is 1.08. The fourth-order valence-corrected chi connectivity index (χ4v) is 2.84. The van der Waals surface area contributed by atoms with Crippen molar-refractivity contribution in [1.82, 2.24) is 9.55 Å². The van der Waals surface area contributed by atoms with Crippen molar-refractivity contribution >= 4 is 22.6 Å². The summed E-state index contributed by atoms with van der Waals surface area (Å²) in [6.45, 7) is 4.11. The molecule has 0 saturated heterocycles. The van der Waals surface area contributed by atoms with E-state index in [2.05, 4.69) is 37.0 Å². The van der Waals surface area contributed by atoms with Gasteiger partial charge in [0.1, 0.15) is 11.6 Å². The average molecular weight is 303 g/mol. The smallest absolute Gasteiger partial charge is 0.125 e. The molecule has 108 valence electrons. The molecule has 4 heteroatoms. The second kappa shape index (κ2) is 5.49. The third-order valence-electron chi connectivity index (χ3n) is 3.60. The molecular formula is C17H16ClFN2. The van der Waals surface area contributed by atoms with Crippen LogP contribution < -0.4 is 0 Å². The van der Waals surface area contributed by atoms with Crippen molar-refractivity contribution in [3.63, 3.8) is 0 Å². The maximum Gasteiger partial charge on any atom is 0.125 e. The summed E-state index contributed by atoms with van der Waals surface area (Å²) in [7, 11) is 0. The maximum absolute atomic E-state index is 13.6. The van der Waals surface area contributed by atoms with E-state index in [1.807, 2.05) is 4.57 Å². The van der Waals surface area contributed by atoms with Crippen LogP contribution >= 0.6 is 11.6 Å². The van der Waals surface area contributed by atoms with E-state index in [9.17, 15) is 4.39 Å². The molecule has 1 aromatic heterocycles. The topological polar surface area (TPSA) is 17.8 Å². The van der Waals surface area contributed by atoms with E-state index in [0.29, 0.717) is 12.3 Å². The summed E-state index contributed by atoms with van der Waals surface area (Å²) in [4.78, 5) is 4.60. The molecule has 0 aliphatic heterocycles. The van der Waals surface area contributed by atoms with Crippen LogP contribution in [0.15, 0.2) is 36.4 Å². The lowest BCUT2D eigenvalue weighted by Crippen LogP contribution is -2.04. The van der Waals surface area contributed by atoms with Crippen molar-refractivity contribution in [2.75, 3.05) is 5.88 Å². The van der Waals surface area contributed by atoms with Gasteiger partial charge < -0.3 is 0 Å². The number of halogens is 2. The number of nitrogens with zero attached hydrogens (tertiary/aromatic N) is 2. The molecule has 0 fully saturated rings. The highest BCUT2D eigenvalue weighted by atomic mass is 35.5. The maximum atomic E-state index is 13.6. The molecule has 0 radical (unpaired) electrons. The Morgan fingerprint density at radius 1 is 1.14 bits per heavy atom. The number of imidazole rings is 1. The Morgan fingerprint density at radius 3 is 2.67 bits per heavy atom. The van der Waals surface area contributed by atoms with Crippen LogP contribution in [-0.4, -0.2) is 15.4 Å². The van der Waals surface area contributed by atoms with Gasteiger partial charge in [-0.15, -0.1) is 11.6 Å². The molecule has 3 rings (SSSR count). The fraction of sp³-hybridized carbons (Fsp3) is 0.235. The molecule has 0 saturated carbocycles. The first-order valence-corrected chi connectivity index (χ1v) is 7.44. The summed E-state index contributed by atoms with van der Waals surface area (Å²) in [6, 6.07) is 10.9. The van der Waals surface area contributed by atoms with Gasteiger partial charge in [-0.2, -0.15) is 0 Å². The van der Waals surface area contributed by atoms with E-state index in [0.717, 1.165) is 28.1 Å². The lowest BCUT2D eigenvalue weighted by molar-refractivity contribution is 0.629. The zero-order chi connectivity index (χ0) is 15.0. The van der Waals surface area contributed by atoms with E-state index < -0.39 is 0 Å². The predicted molar refractivity (Wildman–Crippen MR) is 84.9 cm³/mol. The summed E-state index contributed by atoms with van der Waals surface area (Å²) >= 11 is 5.89. The first kappa shape index (κ1) is 14.1. The van der Waals surface area contributed by atoms with Gasteiger partial charge in [0.05, 0.1) is 16.7 Å². The number of aromatic nitrogens is 2. The molecule has 0 unspecified atom stereocenters. The summed E-state index contributed by atoms with van der Waals surface area (Å²) in [5.41, 5.74) is 4.92. The first-order chi connectivity index (χ1) is 10.1. The molecule has 21 heavy (non-hydrogen) atoms. The van der Waals surface area contributed by atoms with Gasteiger partial charge in [-0.3, -0.25) is 4.57 Å². The SMILES string of the molecule is Cc1ccc(-n2c(CCCl)nc3ccc(F)cc32)c(C)c1. The van der Waals surface area contributed by atoms with E-state index >= 15 is 0 Å². The quantitative estimate of drug-likeness (QED) is 0.648. The molecule has 0 atom stereocenters. The number of hydrogen-bond acceptors (Lipinski definition) is 1. The van der Waals surface area contributed by atoms with Crippen LogP contribution in [0, 0.1) is 19.7 Å². The number of aryl methyl sites for hydroxylation is 3. The Balaban J connectivity index is 2.32. The van der Waals surface area contributed by atoms with E-state index in [4.69, 9.17) is 11.6 Å². The normalized spacial score (nSPS) is 11.2. The summed E-state index contributed by atoms with van der Waals surface area (Å²) in [6.07, 6.45) is 0.644. The van der Waals surface area contributed by atoms with E-state index in [1.165, 1.54) is 17.7 Å². The summed E-state index contributed by atoms with van der Waals surface area (Å²) in [5, 5.41) is 0. The molecular weight excluding hydrogens is 287 g/mol. The van der Waals surface area contributed by atoms with Crippen LogP contribution in [-0.2, 0) is 6.42 Å². The lowest BCUT2D eigenvalue weighted by atomic mass is 10.1.